The molecule has 1 amide bonds. The Balaban J connectivity index is 0.00000113. The highest BCUT2D eigenvalue weighted by atomic mass is 32.2. The maximum Gasteiger partial charge on any atom is 0.333 e. The largest absolute Gasteiger partial charge is 0.462 e. The van der Waals surface area contributed by atoms with E-state index in [-0.39, 0.29) is 24.5 Å². The topological polar surface area (TPSA) is 110 Å². The van der Waals surface area contributed by atoms with Crippen LogP contribution >= 0.6 is 0 Å². The minimum Gasteiger partial charge on any atom is -0.462 e. The first-order valence-electron chi connectivity index (χ1n) is 11.4. The van der Waals surface area contributed by atoms with Crippen LogP contribution in [0.1, 0.15) is 58.4 Å². The normalized spacial score (nSPS) is 13.3. The summed E-state index contributed by atoms with van der Waals surface area (Å²) in [6, 6.07) is 10.0. The first kappa shape index (κ1) is 31.3. The van der Waals surface area contributed by atoms with Gasteiger partial charge in [-0.15, -0.1) is 0 Å². The summed E-state index contributed by atoms with van der Waals surface area (Å²) in [5.41, 5.74) is 1.26. The van der Waals surface area contributed by atoms with Crippen molar-refractivity contribution in [3.8, 4) is 0 Å². The molecule has 0 aliphatic rings. The molecule has 0 spiro atoms. The zero-order valence-electron chi connectivity index (χ0n) is 20.5. The van der Waals surface area contributed by atoms with Crippen molar-refractivity contribution in [1.29, 1.82) is 0 Å². The van der Waals surface area contributed by atoms with E-state index in [4.69, 9.17) is 4.74 Å². The number of hydrogen-bond donors (Lipinski definition) is 2. The Morgan fingerprint density at radius 1 is 1.18 bits per heavy atom. The van der Waals surface area contributed by atoms with E-state index in [1.807, 2.05) is 43.3 Å². The molecule has 8 heteroatoms. The minimum absolute atomic E-state index is 0.0491. The molecule has 0 heterocycles. The molecule has 2 N–H and O–H groups in total. The molecule has 0 bridgehead atoms. The molecule has 0 aliphatic carbocycles. The third-order valence-corrected chi connectivity index (χ3v) is 6.42. The van der Waals surface area contributed by atoms with Crippen molar-refractivity contribution in [3.63, 3.8) is 0 Å². The molecule has 3 unspecified atom stereocenters. The summed E-state index contributed by atoms with van der Waals surface area (Å²) in [5.74, 6) is -1.84. The monoisotopic (exact) mass is 493 g/mol. The highest BCUT2D eigenvalue weighted by Gasteiger charge is 2.31. The van der Waals surface area contributed by atoms with Gasteiger partial charge < -0.3 is 10.1 Å². The van der Waals surface area contributed by atoms with Crippen molar-refractivity contribution >= 4 is 28.1 Å². The van der Waals surface area contributed by atoms with E-state index >= 15 is 0 Å². The van der Waals surface area contributed by atoms with Crippen LogP contribution in [0.2, 0.25) is 0 Å². The minimum atomic E-state index is -4.55. The summed E-state index contributed by atoms with van der Waals surface area (Å²) < 4.78 is 37.6. The van der Waals surface area contributed by atoms with E-state index in [9.17, 15) is 22.6 Å². The molecule has 7 nitrogen and oxygen atoms in total. The molecule has 0 saturated carbocycles. The Labute approximate surface area is 204 Å². The highest BCUT2D eigenvalue weighted by Crippen LogP contribution is 2.20. The molecule has 3 atom stereocenters. The fourth-order valence-electron chi connectivity index (χ4n) is 3.07. The van der Waals surface area contributed by atoms with Gasteiger partial charge >= 0.3 is 5.97 Å². The van der Waals surface area contributed by atoms with Gasteiger partial charge in [-0.2, -0.15) is 8.42 Å². The fraction of sp³-hybridized carbons (Fsp3) is 0.462. The Morgan fingerprint density at radius 3 is 2.24 bits per heavy atom. The second-order valence-corrected chi connectivity index (χ2v) is 9.60. The molecule has 0 fully saturated rings. The van der Waals surface area contributed by atoms with Gasteiger partial charge in [0, 0.05) is 5.57 Å². The summed E-state index contributed by atoms with van der Waals surface area (Å²) in [4.78, 5) is 23.5. The average Bonchev–Trinajstić information content (AvgIpc) is 2.82. The molecule has 34 heavy (non-hydrogen) atoms. The molecular formula is C26H39NO6S. The summed E-state index contributed by atoms with van der Waals surface area (Å²) in [6.07, 6.45) is 6.69. The Bertz CT molecular complexity index is 895. The van der Waals surface area contributed by atoms with E-state index in [2.05, 4.69) is 32.0 Å². The number of ether oxygens (including phenoxy) is 1. The average molecular weight is 494 g/mol. The predicted molar refractivity (Wildman–Crippen MR) is 137 cm³/mol. The Morgan fingerprint density at radius 2 is 1.79 bits per heavy atom. The SMILES string of the molecule is C=CC(=O)NC(C(C)CC(=C)C(=O)OCC(CC)CCCC)S(=O)(=O)O.C=Cc1ccccc1. The standard InChI is InChI=1S/C18H31NO6S.C8H8/c1-6-9-10-15(7-2)12-25-18(21)14(5)11-13(4)17(26(22,23)24)19-16(20)8-3;1-2-8-6-4-3-5-7-8/h8,13,15,17H,3,5-7,9-12H2,1-2,4H3,(H,19,20)(H,22,23,24);2-7H,1H2. The maximum atomic E-state index is 12.1. The van der Waals surface area contributed by atoms with Crippen molar-refractivity contribution < 1.29 is 27.3 Å². The lowest BCUT2D eigenvalue weighted by Crippen LogP contribution is -2.44. The number of benzene rings is 1. The van der Waals surface area contributed by atoms with Crippen LogP contribution in [0.25, 0.3) is 6.08 Å². The van der Waals surface area contributed by atoms with Crippen molar-refractivity contribution in [2.45, 2.75) is 58.2 Å². The lowest BCUT2D eigenvalue weighted by Gasteiger charge is -2.22. The summed E-state index contributed by atoms with van der Waals surface area (Å²) in [6.45, 7) is 16.4. The fourth-order valence-corrected chi connectivity index (χ4v) is 4.02. The van der Waals surface area contributed by atoms with Gasteiger partial charge in [-0.3, -0.25) is 9.35 Å². The maximum absolute atomic E-state index is 12.1. The second-order valence-electron chi connectivity index (χ2n) is 8.06. The molecule has 0 radical (unpaired) electrons. The van der Waals surface area contributed by atoms with E-state index in [1.165, 1.54) is 12.5 Å². The van der Waals surface area contributed by atoms with Gasteiger partial charge in [0.05, 0.1) is 6.61 Å². The van der Waals surface area contributed by atoms with Crippen LogP contribution < -0.4 is 5.32 Å². The van der Waals surface area contributed by atoms with Crippen LogP contribution in [0.3, 0.4) is 0 Å². The van der Waals surface area contributed by atoms with E-state index in [1.54, 1.807) is 0 Å². The first-order chi connectivity index (χ1) is 16.0. The smallest absolute Gasteiger partial charge is 0.333 e. The number of unbranched alkanes of at least 4 members (excludes halogenated alkanes) is 1. The van der Waals surface area contributed by atoms with Crippen molar-refractivity contribution in [2.75, 3.05) is 6.61 Å². The highest BCUT2D eigenvalue weighted by molar-refractivity contribution is 7.86. The van der Waals surface area contributed by atoms with Gasteiger partial charge in [0.2, 0.25) is 5.91 Å². The van der Waals surface area contributed by atoms with Gasteiger partial charge in [-0.05, 0) is 36.3 Å². The molecule has 1 aromatic rings. The molecule has 0 aliphatic heterocycles. The number of rotatable bonds is 14. The molecule has 0 saturated heterocycles. The van der Waals surface area contributed by atoms with E-state index < -0.39 is 33.3 Å². The second kappa shape index (κ2) is 16.8. The number of amides is 1. The number of nitrogens with one attached hydrogen (secondary N) is 1. The number of hydrogen-bond acceptors (Lipinski definition) is 5. The third kappa shape index (κ3) is 13.1. The van der Waals surface area contributed by atoms with Crippen molar-refractivity contribution in [3.05, 3.63) is 67.3 Å². The lowest BCUT2D eigenvalue weighted by molar-refractivity contribution is -0.140. The quantitative estimate of drug-likeness (QED) is 0.210. The molecule has 190 valence electrons. The van der Waals surface area contributed by atoms with Crippen LogP contribution in [0.15, 0.2) is 61.7 Å². The summed E-state index contributed by atoms with van der Waals surface area (Å²) in [5, 5.41) is 0.581. The molecule has 1 aromatic carbocycles. The number of carbonyl (C=O) groups excluding carboxylic acids is 2. The zero-order valence-corrected chi connectivity index (χ0v) is 21.4. The first-order valence-corrected chi connectivity index (χ1v) is 12.9. The van der Waals surface area contributed by atoms with Gasteiger partial charge in [0.15, 0.2) is 5.37 Å². The molecular weight excluding hydrogens is 454 g/mol. The van der Waals surface area contributed by atoms with Crippen molar-refractivity contribution in [1.82, 2.24) is 5.32 Å². The third-order valence-electron chi connectivity index (χ3n) is 5.19. The number of esters is 1. The molecule has 1 rings (SSSR count). The van der Waals surface area contributed by atoms with E-state index in [0.717, 1.165) is 31.8 Å². The van der Waals surface area contributed by atoms with Crippen LogP contribution in [-0.2, 0) is 24.4 Å². The zero-order chi connectivity index (χ0) is 26.1. The summed E-state index contributed by atoms with van der Waals surface area (Å²) >= 11 is 0. The lowest BCUT2D eigenvalue weighted by atomic mass is 10.00. The van der Waals surface area contributed by atoms with Crippen molar-refractivity contribution in [2.24, 2.45) is 11.8 Å². The van der Waals surface area contributed by atoms with Crippen LogP contribution in [-0.4, -0.2) is 36.8 Å². The summed E-state index contributed by atoms with van der Waals surface area (Å²) in [7, 11) is -4.55. The Kier molecular flexibility index (Phi) is 15.5. The van der Waals surface area contributed by atoms with Gasteiger partial charge in [0.1, 0.15) is 0 Å². The van der Waals surface area contributed by atoms with E-state index in [0.29, 0.717) is 0 Å². The van der Waals surface area contributed by atoms with Crippen LogP contribution in [0.5, 0.6) is 0 Å². The Hall–Kier alpha value is -2.71. The van der Waals surface area contributed by atoms with Crippen LogP contribution in [0, 0.1) is 11.8 Å². The van der Waals surface area contributed by atoms with Gasteiger partial charge in [0.25, 0.3) is 10.1 Å². The van der Waals surface area contributed by atoms with Gasteiger partial charge in [-0.25, -0.2) is 4.79 Å². The molecule has 0 aromatic heterocycles. The predicted octanol–water partition coefficient (Wildman–Crippen LogP) is 5.17. The van der Waals surface area contributed by atoms with Gasteiger partial charge in [-0.1, -0.05) is 96.2 Å². The number of carbonyl (C=O) groups is 2. The van der Waals surface area contributed by atoms with Crippen LogP contribution in [0.4, 0.5) is 0 Å².